The fraction of sp³-hybridized carbons (Fsp3) is 0.471. The first-order chi connectivity index (χ1) is 9.97. The Morgan fingerprint density at radius 2 is 2.05 bits per heavy atom. The van der Waals surface area contributed by atoms with E-state index in [0.717, 1.165) is 35.2 Å². The highest BCUT2D eigenvalue weighted by molar-refractivity contribution is 6.09. The van der Waals surface area contributed by atoms with E-state index in [1.165, 1.54) is 0 Å². The van der Waals surface area contributed by atoms with Crippen LogP contribution in [0.25, 0.3) is 0 Å². The molecule has 1 saturated heterocycles. The van der Waals surface area contributed by atoms with Gasteiger partial charge in [-0.2, -0.15) is 0 Å². The van der Waals surface area contributed by atoms with Gasteiger partial charge in [0.2, 0.25) is 0 Å². The molecule has 3 aliphatic rings. The highest BCUT2D eigenvalue weighted by Crippen LogP contribution is 2.52. The Balaban J connectivity index is 1.89. The van der Waals surface area contributed by atoms with E-state index < -0.39 is 11.4 Å². The molecule has 3 aliphatic heterocycles. The Morgan fingerprint density at radius 1 is 1.24 bits per heavy atom. The molecule has 1 aromatic rings. The minimum absolute atomic E-state index is 0.0326. The average molecular weight is 285 g/mol. The normalized spacial score (nSPS) is 33.7. The maximum atomic E-state index is 12.9. The number of ether oxygens (including phenoxy) is 2. The summed E-state index contributed by atoms with van der Waals surface area (Å²) in [7, 11) is 1.81. The predicted octanol–water partition coefficient (Wildman–Crippen LogP) is 2.57. The molecular weight excluding hydrogens is 266 g/mol. The van der Waals surface area contributed by atoms with Gasteiger partial charge in [0.05, 0.1) is 12.3 Å². The van der Waals surface area contributed by atoms with Crippen molar-refractivity contribution in [2.24, 2.45) is 0 Å². The molecule has 2 atom stereocenters. The number of hydrogen-bond acceptors (Lipinski definition) is 3. The second-order valence-electron chi connectivity index (χ2n) is 6.28. The molecule has 2 unspecified atom stereocenters. The minimum atomic E-state index is -1.01. The molecule has 110 valence electrons. The molecule has 1 fully saturated rings. The van der Waals surface area contributed by atoms with Gasteiger partial charge >= 0.3 is 0 Å². The third-order valence-corrected chi connectivity index (χ3v) is 4.74. The summed E-state index contributed by atoms with van der Waals surface area (Å²) in [5.74, 6) is -0.745. The van der Waals surface area contributed by atoms with Crippen molar-refractivity contribution in [3.8, 4) is 0 Å². The number of hydrogen-bond donors (Lipinski definition) is 0. The van der Waals surface area contributed by atoms with E-state index in [9.17, 15) is 4.79 Å². The maximum Gasteiger partial charge on any atom is 0.267 e. The second kappa shape index (κ2) is 3.96. The fourth-order valence-corrected chi connectivity index (χ4v) is 3.84. The predicted molar refractivity (Wildman–Crippen MR) is 79.1 cm³/mol. The second-order valence-corrected chi connectivity index (χ2v) is 6.28. The first-order valence-electron chi connectivity index (χ1n) is 7.42. The zero-order chi connectivity index (χ0) is 14.8. The Morgan fingerprint density at radius 3 is 2.76 bits per heavy atom. The Hall–Kier alpha value is -1.65. The number of likely N-dealkylation sites (N-methyl/N-ethyl adjacent to an activating group) is 1. The SMILES string of the molecule is Cc1cc(C)c2c(c1)N(C)C(=O)C21C=CC2(CCCO2)O1. The molecule has 4 heteroatoms. The van der Waals surface area contributed by atoms with Crippen LogP contribution in [0.4, 0.5) is 5.69 Å². The van der Waals surface area contributed by atoms with Crippen molar-refractivity contribution < 1.29 is 14.3 Å². The number of benzene rings is 1. The zero-order valence-corrected chi connectivity index (χ0v) is 12.6. The molecule has 3 heterocycles. The van der Waals surface area contributed by atoms with Crippen molar-refractivity contribution in [1.82, 2.24) is 0 Å². The van der Waals surface area contributed by atoms with Gasteiger partial charge in [-0.05, 0) is 49.6 Å². The quantitative estimate of drug-likeness (QED) is 0.688. The Kier molecular flexibility index (Phi) is 2.46. The monoisotopic (exact) mass is 285 g/mol. The van der Waals surface area contributed by atoms with Gasteiger partial charge in [0, 0.05) is 19.0 Å². The highest BCUT2D eigenvalue weighted by atomic mass is 16.7. The molecule has 4 rings (SSSR count). The summed E-state index contributed by atoms with van der Waals surface area (Å²) >= 11 is 0. The van der Waals surface area contributed by atoms with E-state index in [1.807, 2.05) is 39.1 Å². The van der Waals surface area contributed by atoms with Gasteiger partial charge in [-0.3, -0.25) is 4.79 Å². The van der Waals surface area contributed by atoms with Crippen LogP contribution in [0, 0.1) is 13.8 Å². The van der Waals surface area contributed by atoms with Gasteiger partial charge in [-0.25, -0.2) is 0 Å². The number of carbonyl (C=O) groups is 1. The minimum Gasteiger partial charge on any atom is -0.346 e. The molecule has 0 N–H and O–H groups in total. The van der Waals surface area contributed by atoms with Gasteiger partial charge in [-0.1, -0.05) is 6.07 Å². The van der Waals surface area contributed by atoms with Crippen LogP contribution in [0.5, 0.6) is 0 Å². The number of carbonyl (C=O) groups excluding carboxylic acids is 1. The van der Waals surface area contributed by atoms with Gasteiger partial charge in [-0.15, -0.1) is 0 Å². The molecule has 21 heavy (non-hydrogen) atoms. The molecule has 0 aliphatic carbocycles. The van der Waals surface area contributed by atoms with Crippen molar-refractivity contribution in [2.75, 3.05) is 18.6 Å². The van der Waals surface area contributed by atoms with Crippen LogP contribution in [0.3, 0.4) is 0 Å². The number of amides is 1. The van der Waals surface area contributed by atoms with Crippen LogP contribution < -0.4 is 4.90 Å². The zero-order valence-electron chi connectivity index (χ0n) is 12.6. The van der Waals surface area contributed by atoms with Gasteiger partial charge in [0.25, 0.3) is 5.91 Å². The molecule has 0 saturated carbocycles. The van der Waals surface area contributed by atoms with E-state index >= 15 is 0 Å². The third kappa shape index (κ3) is 1.54. The number of rotatable bonds is 0. The maximum absolute atomic E-state index is 12.9. The van der Waals surface area contributed by atoms with Crippen LogP contribution in [0.15, 0.2) is 24.3 Å². The van der Waals surface area contributed by atoms with E-state index in [4.69, 9.17) is 9.47 Å². The lowest BCUT2D eigenvalue weighted by molar-refractivity contribution is -0.213. The van der Waals surface area contributed by atoms with Crippen molar-refractivity contribution in [2.45, 2.75) is 38.1 Å². The number of anilines is 1. The molecule has 0 aromatic heterocycles. The lowest BCUT2D eigenvalue weighted by atomic mass is 9.91. The van der Waals surface area contributed by atoms with E-state index in [2.05, 4.69) is 6.07 Å². The van der Waals surface area contributed by atoms with E-state index in [-0.39, 0.29) is 5.91 Å². The molecule has 4 nitrogen and oxygen atoms in total. The van der Waals surface area contributed by atoms with Crippen molar-refractivity contribution in [3.05, 3.63) is 41.0 Å². The largest absolute Gasteiger partial charge is 0.346 e. The highest BCUT2D eigenvalue weighted by Gasteiger charge is 2.58. The van der Waals surface area contributed by atoms with Crippen molar-refractivity contribution in [1.29, 1.82) is 0 Å². The Bertz CT molecular complexity index is 673. The van der Waals surface area contributed by atoms with Gasteiger partial charge < -0.3 is 14.4 Å². The first-order valence-corrected chi connectivity index (χ1v) is 7.42. The number of aryl methyl sites for hydroxylation is 2. The molecular formula is C17H19NO3. The topological polar surface area (TPSA) is 38.8 Å². The van der Waals surface area contributed by atoms with E-state index in [0.29, 0.717) is 6.61 Å². The van der Waals surface area contributed by atoms with Crippen LogP contribution in [-0.4, -0.2) is 25.3 Å². The third-order valence-electron chi connectivity index (χ3n) is 4.74. The van der Waals surface area contributed by atoms with Crippen LogP contribution >= 0.6 is 0 Å². The summed E-state index contributed by atoms with van der Waals surface area (Å²) in [4.78, 5) is 14.6. The molecule has 2 spiro atoms. The molecule has 0 bridgehead atoms. The summed E-state index contributed by atoms with van der Waals surface area (Å²) in [6.07, 6.45) is 5.60. The first kappa shape index (κ1) is 13.0. The summed E-state index contributed by atoms with van der Waals surface area (Å²) in [6, 6.07) is 4.15. The summed E-state index contributed by atoms with van der Waals surface area (Å²) < 4.78 is 12.0. The summed E-state index contributed by atoms with van der Waals surface area (Å²) in [5, 5.41) is 0. The van der Waals surface area contributed by atoms with E-state index in [1.54, 1.807) is 4.90 Å². The van der Waals surface area contributed by atoms with Gasteiger partial charge in [0.15, 0.2) is 11.4 Å². The lowest BCUT2D eigenvalue weighted by Crippen LogP contribution is -2.42. The van der Waals surface area contributed by atoms with Crippen LogP contribution in [-0.2, 0) is 19.9 Å². The summed E-state index contributed by atoms with van der Waals surface area (Å²) in [6.45, 7) is 4.77. The van der Waals surface area contributed by atoms with Gasteiger partial charge in [0.1, 0.15) is 0 Å². The number of nitrogens with zero attached hydrogens (tertiary/aromatic N) is 1. The fourth-order valence-electron chi connectivity index (χ4n) is 3.84. The average Bonchev–Trinajstić information content (AvgIpc) is 3.09. The van der Waals surface area contributed by atoms with Crippen LogP contribution in [0.2, 0.25) is 0 Å². The molecule has 1 aromatic carbocycles. The number of fused-ring (bicyclic) bond motifs is 2. The van der Waals surface area contributed by atoms with Crippen molar-refractivity contribution in [3.63, 3.8) is 0 Å². The standard InChI is InChI=1S/C17H19NO3/c1-11-9-12(2)14-13(10-11)18(3)15(19)17(14)7-6-16(21-17)5-4-8-20-16/h6-7,9-10H,4-5,8H2,1-3H3. The molecule has 0 radical (unpaired) electrons. The summed E-state index contributed by atoms with van der Waals surface area (Å²) in [5.41, 5.74) is 3.13. The lowest BCUT2D eigenvalue weighted by Gasteiger charge is -2.29. The molecule has 1 amide bonds. The van der Waals surface area contributed by atoms with Crippen molar-refractivity contribution >= 4 is 11.6 Å². The Labute approximate surface area is 124 Å². The van der Waals surface area contributed by atoms with Crippen LogP contribution in [0.1, 0.15) is 29.5 Å². The smallest absolute Gasteiger partial charge is 0.267 e.